The van der Waals surface area contributed by atoms with Gasteiger partial charge in [-0.1, -0.05) is 18.2 Å². The van der Waals surface area contributed by atoms with Gasteiger partial charge in [0.1, 0.15) is 0 Å². The fourth-order valence-corrected chi connectivity index (χ4v) is 2.66. The number of carbonyl (C=O) groups excluding carboxylic acids is 1. The van der Waals surface area contributed by atoms with E-state index in [2.05, 4.69) is 29.5 Å². The van der Waals surface area contributed by atoms with Gasteiger partial charge >= 0.3 is 0 Å². The van der Waals surface area contributed by atoms with Crippen LogP contribution in [0.1, 0.15) is 19.0 Å². The molecule has 1 saturated heterocycles. The van der Waals surface area contributed by atoms with Crippen LogP contribution in [0.2, 0.25) is 0 Å². The standard InChI is InChI=1S/C14H17N3O/c1-2-17-13-6-4-3-5-11(13)12(16-17)9-10-7-8-15-14(10)18/h3-6,10H,2,7-9H2,1H3,(H,15,18). The van der Waals surface area contributed by atoms with Gasteiger partial charge in [0.15, 0.2) is 0 Å². The van der Waals surface area contributed by atoms with Gasteiger partial charge in [-0.15, -0.1) is 0 Å². The Kier molecular flexibility index (Phi) is 2.78. The highest BCUT2D eigenvalue weighted by Gasteiger charge is 2.26. The Balaban J connectivity index is 1.98. The van der Waals surface area contributed by atoms with Crippen LogP contribution < -0.4 is 5.32 Å². The van der Waals surface area contributed by atoms with Crippen molar-refractivity contribution in [1.82, 2.24) is 15.1 Å². The van der Waals surface area contributed by atoms with Crippen molar-refractivity contribution in [1.29, 1.82) is 0 Å². The number of rotatable bonds is 3. The summed E-state index contributed by atoms with van der Waals surface area (Å²) in [4.78, 5) is 11.6. The van der Waals surface area contributed by atoms with E-state index in [4.69, 9.17) is 0 Å². The molecular formula is C14H17N3O. The molecule has 1 atom stereocenters. The Morgan fingerprint density at radius 1 is 1.44 bits per heavy atom. The highest BCUT2D eigenvalue weighted by Crippen LogP contribution is 2.23. The monoisotopic (exact) mass is 243 g/mol. The molecule has 1 amide bonds. The third-order valence-electron chi connectivity index (χ3n) is 3.64. The molecule has 1 aliphatic rings. The lowest BCUT2D eigenvalue weighted by Crippen LogP contribution is -2.20. The van der Waals surface area contributed by atoms with Gasteiger partial charge in [0.2, 0.25) is 5.91 Å². The van der Waals surface area contributed by atoms with Crippen molar-refractivity contribution < 1.29 is 4.79 Å². The maximum absolute atomic E-state index is 11.6. The molecule has 0 bridgehead atoms. The molecule has 0 saturated carbocycles. The van der Waals surface area contributed by atoms with E-state index in [1.807, 2.05) is 16.8 Å². The Hall–Kier alpha value is -1.84. The molecule has 0 radical (unpaired) electrons. The van der Waals surface area contributed by atoms with Crippen LogP contribution in [0.25, 0.3) is 10.9 Å². The van der Waals surface area contributed by atoms with Crippen molar-refractivity contribution >= 4 is 16.8 Å². The molecule has 1 N–H and O–H groups in total. The molecule has 1 aliphatic heterocycles. The van der Waals surface area contributed by atoms with Crippen LogP contribution in [-0.4, -0.2) is 22.2 Å². The first-order valence-electron chi connectivity index (χ1n) is 6.51. The summed E-state index contributed by atoms with van der Waals surface area (Å²) in [6.07, 6.45) is 1.67. The lowest BCUT2D eigenvalue weighted by Gasteiger charge is -2.03. The Labute approximate surface area is 106 Å². The van der Waals surface area contributed by atoms with Gasteiger partial charge in [0.25, 0.3) is 0 Å². The third-order valence-corrected chi connectivity index (χ3v) is 3.64. The first-order valence-corrected chi connectivity index (χ1v) is 6.51. The number of nitrogens with one attached hydrogen (secondary N) is 1. The van der Waals surface area contributed by atoms with Crippen molar-refractivity contribution in [2.24, 2.45) is 5.92 Å². The molecule has 1 unspecified atom stereocenters. The summed E-state index contributed by atoms with van der Waals surface area (Å²) in [6, 6.07) is 8.24. The van der Waals surface area contributed by atoms with Crippen LogP contribution >= 0.6 is 0 Å². The third kappa shape index (κ3) is 1.78. The molecular weight excluding hydrogens is 226 g/mol. The summed E-state index contributed by atoms with van der Waals surface area (Å²) < 4.78 is 2.01. The van der Waals surface area contributed by atoms with Crippen LogP contribution in [-0.2, 0) is 17.8 Å². The van der Waals surface area contributed by atoms with E-state index in [9.17, 15) is 4.79 Å². The van der Waals surface area contributed by atoms with E-state index < -0.39 is 0 Å². The number of benzene rings is 1. The molecule has 1 aromatic heterocycles. The number of aromatic nitrogens is 2. The average molecular weight is 243 g/mol. The minimum atomic E-state index is 0.0913. The number of nitrogens with zero attached hydrogens (tertiary/aromatic N) is 2. The highest BCUT2D eigenvalue weighted by atomic mass is 16.2. The second kappa shape index (κ2) is 4.44. The van der Waals surface area contributed by atoms with Crippen LogP contribution in [0, 0.1) is 5.92 Å². The molecule has 3 rings (SSSR count). The second-order valence-electron chi connectivity index (χ2n) is 4.76. The molecule has 4 heteroatoms. The minimum absolute atomic E-state index is 0.0913. The number of fused-ring (bicyclic) bond motifs is 1. The van der Waals surface area contributed by atoms with E-state index in [0.717, 1.165) is 37.1 Å². The molecule has 0 aliphatic carbocycles. The Bertz CT molecular complexity index is 588. The number of hydrogen-bond acceptors (Lipinski definition) is 2. The van der Waals surface area contributed by atoms with Gasteiger partial charge in [-0.25, -0.2) is 0 Å². The zero-order valence-corrected chi connectivity index (χ0v) is 10.5. The van der Waals surface area contributed by atoms with Crippen molar-refractivity contribution in [3.05, 3.63) is 30.0 Å². The zero-order chi connectivity index (χ0) is 12.5. The smallest absolute Gasteiger partial charge is 0.223 e. The summed E-state index contributed by atoms with van der Waals surface area (Å²) in [7, 11) is 0. The molecule has 2 aromatic rings. The van der Waals surface area contributed by atoms with Crippen molar-refractivity contribution in [2.45, 2.75) is 26.3 Å². The first kappa shape index (κ1) is 11.3. The molecule has 2 heterocycles. The summed E-state index contributed by atoms with van der Waals surface area (Å²) in [5.41, 5.74) is 2.21. The van der Waals surface area contributed by atoms with Crippen LogP contribution in [0.3, 0.4) is 0 Å². The SMILES string of the molecule is CCn1nc(CC2CCNC2=O)c2ccccc21. The molecule has 94 valence electrons. The van der Waals surface area contributed by atoms with E-state index >= 15 is 0 Å². The van der Waals surface area contributed by atoms with Gasteiger partial charge in [0.05, 0.1) is 11.2 Å². The maximum atomic E-state index is 11.6. The number of para-hydroxylation sites is 1. The first-order chi connectivity index (χ1) is 8.79. The lowest BCUT2D eigenvalue weighted by atomic mass is 10.00. The summed E-state index contributed by atoms with van der Waals surface area (Å²) >= 11 is 0. The van der Waals surface area contributed by atoms with Crippen LogP contribution in [0.15, 0.2) is 24.3 Å². The molecule has 18 heavy (non-hydrogen) atoms. The Morgan fingerprint density at radius 2 is 2.28 bits per heavy atom. The number of hydrogen-bond donors (Lipinski definition) is 1. The van der Waals surface area contributed by atoms with Crippen molar-refractivity contribution in [3.63, 3.8) is 0 Å². The van der Waals surface area contributed by atoms with Crippen LogP contribution in [0.4, 0.5) is 0 Å². The van der Waals surface area contributed by atoms with E-state index in [1.165, 1.54) is 5.39 Å². The van der Waals surface area contributed by atoms with Gasteiger partial charge in [0, 0.05) is 30.8 Å². The normalized spacial score (nSPS) is 19.4. The highest BCUT2D eigenvalue weighted by molar-refractivity contribution is 5.84. The van der Waals surface area contributed by atoms with Gasteiger partial charge in [-0.05, 0) is 19.4 Å². The zero-order valence-electron chi connectivity index (χ0n) is 10.5. The summed E-state index contributed by atoms with van der Waals surface area (Å²) in [5.74, 6) is 0.263. The molecule has 4 nitrogen and oxygen atoms in total. The largest absolute Gasteiger partial charge is 0.356 e. The summed E-state index contributed by atoms with van der Waals surface area (Å²) in [6.45, 7) is 3.75. The molecule has 1 fully saturated rings. The predicted octanol–water partition coefficient (Wildman–Crippen LogP) is 1.73. The minimum Gasteiger partial charge on any atom is -0.356 e. The van der Waals surface area contributed by atoms with Crippen molar-refractivity contribution in [3.8, 4) is 0 Å². The molecule has 1 aromatic carbocycles. The van der Waals surface area contributed by atoms with Gasteiger partial charge in [-0.3, -0.25) is 9.48 Å². The quantitative estimate of drug-likeness (QED) is 0.892. The van der Waals surface area contributed by atoms with E-state index in [0.29, 0.717) is 0 Å². The number of amides is 1. The predicted molar refractivity (Wildman–Crippen MR) is 70.2 cm³/mol. The van der Waals surface area contributed by atoms with Gasteiger partial charge < -0.3 is 5.32 Å². The maximum Gasteiger partial charge on any atom is 0.223 e. The fourth-order valence-electron chi connectivity index (χ4n) is 2.66. The van der Waals surface area contributed by atoms with Crippen LogP contribution in [0.5, 0.6) is 0 Å². The Morgan fingerprint density at radius 3 is 3.00 bits per heavy atom. The average Bonchev–Trinajstić information content (AvgIpc) is 2.95. The van der Waals surface area contributed by atoms with E-state index in [-0.39, 0.29) is 11.8 Å². The number of aryl methyl sites for hydroxylation is 1. The lowest BCUT2D eigenvalue weighted by molar-refractivity contribution is -0.122. The fraction of sp³-hybridized carbons (Fsp3) is 0.429. The van der Waals surface area contributed by atoms with Gasteiger partial charge in [-0.2, -0.15) is 5.10 Å². The number of carbonyl (C=O) groups is 1. The van der Waals surface area contributed by atoms with Crippen molar-refractivity contribution in [2.75, 3.05) is 6.54 Å². The molecule has 0 spiro atoms. The topological polar surface area (TPSA) is 46.9 Å². The summed E-state index contributed by atoms with van der Waals surface area (Å²) in [5, 5.41) is 8.71. The van der Waals surface area contributed by atoms with E-state index in [1.54, 1.807) is 0 Å². The second-order valence-corrected chi connectivity index (χ2v) is 4.76.